The van der Waals surface area contributed by atoms with Crippen molar-refractivity contribution in [3.8, 4) is 0 Å². The first kappa shape index (κ1) is 23.9. The van der Waals surface area contributed by atoms with E-state index in [0.29, 0.717) is 18.0 Å². The summed E-state index contributed by atoms with van der Waals surface area (Å²) in [7, 11) is 0. The van der Waals surface area contributed by atoms with Crippen molar-refractivity contribution in [3.63, 3.8) is 0 Å². The normalized spacial score (nSPS) is 11.0. The van der Waals surface area contributed by atoms with Crippen molar-refractivity contribution < 1.29 is 18.8 Å². The minimum Gasteiger partial charge on any atom is -0.443 e. The van der Waals surface area contributed by atoms with Gasteiger partial charge in [0.25, 0.3) is 0 Å². The van der Waals surface area contributed by atoms with Gasteiger partial charge in [0.05, 0.1) is 25.3 Å². The van der Waals surface area contributed by atoms with E-state index < -0.39 is 6.09 Å². The minimum atomic E-state index is -0.453. The number of carbonyl (C=O) groups is 1. The van der Waals surface area contributed by atoms with Crippen molar-refractivity contribution in [2.24, 2.45) is 4.99 Å². The zero-order valence-electron chi connectivity index (χ0n) is 17.7. The number of ether oxygens (including phenoxy) is 1. The van der Waals surface area contributed by atoms with E-state index in [0.717, 1.165) is 30.7 Å². The fourth-order valence-corrected chi connectivity index (χ4v) is 3.31. The summed E-state index contributed by atoms with van der Waals surface area (Å²) in [5, 5.41) is 2.72. The molecule has 6 heteroatoms. The van der Waals surface area contributed by atoms with Crippen LogP contribution in [0.1, 0.15) is 59.3 Å². The monoisotopic (exact) mass is 390 g/mol. The van der Waals surface area contributed by atoms with E-state index in [2.05, 4.69) is 31.1 Å². The Morgan fingerprint density at radius 2 is 1.50 bits per heavy atom. The van der Waals surface area contributed by atoms with Crippen LogP contribution in [-0.2, 0) is 9.53 Å². The van der Waals surface area contributed by atoms with Crippen LogP contribution in [0, 0.1) is 0 Å². The number of aliphatic imine (C=N–C) groups is 1. The maximum Gasteiger partial charge on any atom is 0.411 e. The molecule has 1 amide bonds. The van der Waals surface area contributed by atoms with Crippen molar-refractivity contribution in [3.05, 3.63) is 24.3 Å². The molecule has 1 aromatic carbocycles. The molecule has 156 valence electrons. The van der Waals surface area contributed by atoms with Gasteiger partial charge in [0, 0.05) is 5.69 Å². The largest absolute Gasteiger partial charge is 0.443 e. The van der Waals surface area contributed by atoms with Gasteiger partial charge in [-0.1, -0.05) is 40.0 Å². The smallest absolute Gasteiger partial charge is 0.411 e. The molecular formula is C22H36N3O3+. The third-order valence-corrected chi connectivity index (χ3v) is 5.05. The molecule has 0 saturated carbocycles. The number of isocyanates is 1. The molecule has 28 heavy (non-hydrogen) atoms. The summed E-state index contributed by atoms with van der Waals surface area (Å²) in [5.41, 5.74) is 1.11. The zero-order chi connectivity index (χ0) is 20.7. The summed E-state index contributed by atoms with van der Waals surface area (Å²) in [4.78, 5) is 25.9. The Hall–Kier alpha value is -2.17. The van der Waals surface area contributed by atoms with E-state index in [-0.39, 0.29) is 0 Å². The second kappa shape index (κ2) is 13.9. The summed E-state index contributed by atoms with van der Waals surface area (Å²) < 4.78 is 6.51. The van der Waals surface area contributed by atoms with E-state index in [1.807, 2.05) is 0 Å². The van der Waals surface area contributed by atoms with Crippen LogP contribution in [0.4, 0.5) is 16.2 Å². The lowest BCUT2D eigenvalue weighted by atomic mass is 10.1. The molecule has 0 unspecified atom stereocenters. The van der Waals surface area contributed by atoms with Gasteiger partial charge in [-0.3, -0.25) is 5.32 Å². The molecule has 0 spiro atoms. The molecule has 0 aliphatic carbocycles. The standard InChI is InChI=1S/C22H35N3O3/c1-4-7-14-25(15-8-5-2,16-9-6-3)17-18-28-22(27)24-21-12-10-20(11-13-21)23-19-26/h10-13H,4-9,14-18H2,1-3H3/p+1. The van der Waals surface area contributed by atoms with Crippen LogP contribution in [0.3, 0.4) is 0 Å². The quantitative estimate of drug-likeness (QED) is 0.262. The molecule has 0 heterocycles. The van der Waals surface area contributed by atoms with Gasteiger partial charge in [-0.25, -0.2) is 9.59 Å². The first-order valence-corrected chi connectivity index (χ1v) is 10.6. The molecule has 0 bridgehead atoms. The molecule has 6 nitrogen and oxygen atoms in total. The van der Waals surface area contributed by atoms with Crippen LogP contribution < -0.4 is 5.32 Å². The van der Waals surface area contributed by atoms with Gasteiger partial charge in [0.1, 0.15) is 13.2 Å². The molecule has 0 aliphatic rings. The van der Waals surface area contributed by atoms with E-state index in [9.17, 15) is 9.59 Å². The Balaban J connectivity index is 2.59. The Labute approximate surface area is 169 Å². The fourth-order valence-electron chi connectivity index (χ4n) is 3.31. The van der Waals surface area contributed by atoms with E-state index in [4.69, 9.17) is 4.74 Å². The first-order valence-electron chi connectivity index (χ1n) is 10.6. The molecule has 1 N–H and O–H groups in total. The highest BCUT2D eigenvalue weighted by molar-refractivity contribution is 5.84. The number of nitrogens with zero attached hydrogens (tertiary/aromatic N) is 2. The fraction of sp³-hybridized carbons (Fsp3) is 0.636. The summed E-state index contributed by atoms with van der Waals surface area (Å²) in [5.74, 6) is 0. The van der Waals surface area contributed by atoms with Gasteiger partial charge in [-0.2, -0.15) is 4.99 Å². The van der Waals surface area contributed by atoms with Gasteiger partial charge >= 0.3 is 6.09 Å². The van der Waals surface area contributed by atoms with E-state index in [1.54, 1.807) is 24.3 Å². The Morgan fingerprint density at radius 1 is 0.964 bits per heavy atom. The molecular weight excluding hydrogens is 354 g/mol. The van der Waals surface area contributed by atoms with Crippen LogP contribution in [0.15, 0.2) is 29.3 Å². The number of nitrogens with one attached hydrogen (secondary N) is 1. The molecule has 0 saturated heterocycles. The second-order valence-corrected chi connectivity index (χ2v) is 7.31. The number of amides is 1. The van der Waals surface area contributed by atoms with Crippen molar-refractivity contribution in [1.82, 2.24) is 0 Å². The number of anilines is 1. The van der Waals surface area contributed by atoms with Crippen LogP contribution in [0.5, 0.6) is 0 Å². The molecule has 0 aromatic heterocycles. The van der Waals surface area contributed by atoms with Crippen LogP contribution in [-0.4, -0.2) is 49.4 Å². The maximum absolute atomic E-state index is 12.1. The van der Waals surface area contributed by atoms with Gasteiger partial charge in [0.2, 0.25) is 6.08 Å². The lowest BCUT2D eigenvalue weighted by molar-refractivity contribution is -0.929. The van der Waals surface area contributed by atoms with Crippen molar-refractivity contribution in [2.75, 3.05) is 38.1 Å². The SMILES string of the molecule is CCCC[N+](CCCC)(CCCC)CCOC(=O)Nc1ccc(N=C=O)cc1. The number of quaternary nitrogens is 1. The Morgan fingerprint density at radius 3 is 1.96 bits per heavy atom. The summed E-state index contributed by atoms with van der Waals surface area (Å²) in [6.45, 7) is 11.4. The summed E-state index contributed by atoms with van der Waals surface area (Å²) in [6, 6.07) is 6.65. The highest BCUT2D eigenvalue weighted by Gasteiger charge is 2.26. The van der Waals surface area contributed by atoms with Crippen molar-refractivity contribution in [1.29, 1.82) is 0 Å². The molecule has 0 radical (unpaired) electrons. The average Bonchev–Trinajstić information content (AvgIpc) is 2.70. The van der Waals surface area contributed by atoms with Crippen molar-refractivity contribution >= 4 is 23.5 Å². The predicted octanol–water partition coefficient (Wildman–Crippen LogP) is 5.42. The number of carbonyl (C=O) groups excluding carboxylic acids is 2. The Kier molecular flexibility index (Phi) is 11.9. The third kappa shape index (κ3) is 9.16. The Bertz CT molecular complexity index is 588. The zero-order valence-corrected chi connectivity index (χ0v) is 17.7. The molecule has 1 aromatic rings. The molecule has 0 atom stereocenters. The lowest BCUT2D eigenvalue weighted by Gasteiger charge is -2.39. The molecule has 0 fully saturated rings. The first-order chi connectivity index (χ1) is 13.6. The lowest BCUT2D eigenvalue weighted by Crippen LogP contribution is -2.52. The van der Waals surface area contributed by atoms with Crippen LogP contribution in [0.25, 0.3) is 0 Å². The van der Waals surface area contributed by atoms with Crippen LogP contribution >= 0.6 is 0 Å². The highest BCUT2D eigenvalue weighted by atomic mass is 16.5. The number of benzene rings is 1. The van der Waals surface area contributed by atoms with Crippen molar-refractivity contribution in [2.45, 2.75) is 59.3 Å². The van der Waals surface area contributed by atoms with Gasteiger partial charge in [-0.15, -0.1) is 0 Å². The number of hydrogen-bond acceptors (Lipinski definition) is 4. The van der Waals surface area contributed by atoms with Gasteiger partial charge in [-0.05, 0) is 43.5 Å². The van der Waals surface area contributed by atoms with Gasteiger partial charge < -0.3 is 9.22 Å². The average molecular weight is 391 g/mol. The molecule has 1 rings (SSSR count). The number of hydrogen-bond donors (Lipinski definition) is 1. The van der Waals surface area contributed by atoms with Crippen LogP contribution in [0.2, 0.25) is 0 Å². The minimum absolute atomic E-state index is 0.413. The number of rotatable bonds is 14. The number of unbranched alkanes of at least 4 members (excludes halogenated alkanes) is 3. The topological polar surface area (TPSA) is 67.8 Å². The summed E-state index contributed by atoms with van der Waals surface area (Å²) in [6.07, 6.45) is 8.20. The maximum atomic E-state index is 12.1. The summed E-state index contributed by atoms with van der Waals surface area (Å²) >= 11 is 0. The van der Waals surface area contributed by atoms with E-state index in [1.165, 1.54) is 44.6 Å². The third-order valence-electron chi connectivity index (χ3n) is 5.05. The van der Waals surface area contributed by atoms with Gasteiger partial charge in [0.15, 0.2) is 0 Å². The molecule has 0 aliphatic heterocycles. The predicted molar refractivity (Wildman–Crippen MR) is 114 cm³/mol. The van der Waals surface area contributed by atoms with E-state index >= 15 is 0 Å². The highest BCUT2D eigenvalue weighted by Crippen LogP contribution is 2.17. The second-order valence-electron chi connectivity index (χ2n) is 7.31.